The highest BCUT2D eigenvalue weighted by Crippen LogP contribution is 2.28. The van der Waals surface area contributed by atoms with Crippen LogP contribution in [0.4, 0.5) is 0 Å². The quantitative estimate of drug-likeness (QED) is 0.870. The van der Waals surface area contributed by atoms with Crippen molar-refractivity contribution in [1.82, 2.24) is 5.32 Å². The molecule has 0 bridgehead atoms. The average Bonchev–Trinajstić information content (AvgIpc) is 2.86. The van der Waals surface area contributed by atoms with Crippen molar-refractivity contribution in [3.63, 3.8) is 0 Å². The lowest BCUT2D eigenvalue weighted by molar-refractivity contribution is 0.106. The van der Waals surface area contributed by atoms with Crippen molar-refractivity contribution in [1.29, 1.82) is 0 Å². The first-order valence-corrected chi connectivity index (χ1v) is 6.66. The van der Waals surface area contributed by atoms with Gasteiger partial charge in [-0.2, -0.15) is 0 Å². The maximum Gasteiger partial charge on any atom is 0.123 e. The molecule has 3 heteroatoms. The van der Waals surface area contributed by atoms with Crippen molar-refractivity contribution in [2.75, 3.05) is 14.2 Å². The zero-order valence-corrected chi connectivity index (χ0v) is 11.5. The van der Waals surface area contributed by atoms with E-state index in [-0.39, 0.29) is 0 Å². The van der Waals surface area contributed by atoms with E-state index in [0.29, 0.717) is 18.2 Å². The number of benzene rings is 1. The van der Waals surface area contributed by atoms with Gasteiger partial charge < -0.3 is 14.8 Å². The number of methoxy groups -OCH3 is 2. The summed E-state index contributed by atoms with van der Waals surface area (Å²) in [5.41, 5.74) is 1.22. The van der Waals surface area contributed by atoms with Gasteiger partial charge in [0.05, 0.1) is 13.2 Å². The fourth-order valence-corrected chi connectivity index (χ4v) is 2.77. The van der Waals surface area contributed by atoms with Crippen molar-refractivity contribution < 1.29 is 9.47 Å². The Morgan fingerprint density at radius 2 is 2.00 bits per heavy atom. The highest BCUT2D eigenvalue weighted by molar-refractivity contribution is 5.35. The summed E-state index contributed by atoms with van der Waals surface area (Å²) in [5, 5.41) is 3.67. The van der Waals surface area contributed by atoms with Crippen LogP contribution in [-0.2, 0) is 4.74 Å². The normalized spacial score (nSPS) is 25.1. The zero-order valence-electron chi connectivity index (χ0n) is 11.5. The third-order valence-corrected chi connectivity index (χ3v) is 3.81. The molecule has 3 unspecified atom stereocenters. The van der Waals surface area contributed by atoms with E-state index in [9.17, 15) is 0 Å². The molecule has 2 rings (SSSR count). The Labute approximate surface area is 109 Å². The average molecular weight is 249 g/mol. The second-order valence-corrected chi connectivity index (χ2v) is 5.00. The van der Waals surface area contributed by atoms with Gasteiger partial charge >= 0.3 is 0 Å². The summed E-state index contributed by atoms with van der Waals surface area (Å²) in [5.74, 6) is 0.957. The van der Waals surface area contributed by atoms with E-state index in [1.165, 1.54) is 12.0 Å². The van der Waals surface area contributed by atoms with Crippen LogP contribution in [0.25, 0.3) is 0 Å². The number of rotatable bonds is 5. The molecule has 1 aliphatic carbocycles. The van der Waals surface area contributed by atoms with Crippen molar-refractivity contribution in [2.24, 2.45) is 0 Å². The summed E-state index contributed by atoms with van der Waals surface area (Å²) in [6, 6.07) is 9.06. The molecule has 0 amide bonds. The summed E-state index contributed by atoms with van der Waals surface area (Å²) in [7, 11) is 3.53. The van der Waals surface area contributed by atoms with Gasteiger partial charge in [0.25, 0.3) is 0 Å². The Morgan fingerprint density at radius 1 is 1.22 bits per heavy atom. The Morgan fingerprint density at radius 3 is 2.67 bits per heavy atom. The molecule has 3 atom stereocenters. The van der Waals surface area contributed by atoms with E-state index in [1.807, 2.05) is 12.1 Å². The van der Waals surface area contributed by atoms with Crippen LogP contribution in [0.5, 0.6) is 5.75 Å². The summed E-state index contributed by atoms with van der Waals surface area (Å²) in [6.07, 6.45) is 3.88. The zero-order chi connectivity index (χ0) is 13.0. The van der Waals surface area contributed by atoms with E-state index in [4.69, 9.17) is 9.47 Å². The number of hydrogen-bond donors (Lipinski definition) is 1. The maximum absolute atomic E-state index is 5.41. The van der Waals surface area contributed by atoms with Gasteiger partial charge in [0.2, 0.25) is 0 Å². The van der Waals surface area contributed by atoms with Gasteiger partial charge in [0.1, 0.15) is 5.75 Å². The molecule has 1 aliphatic rings. The molecule has 1 fully saturated rings. The van der Waals surface area contributed by atoms with Crippen molar-refractivity contribution in [3.8, 4) is 5.75 Å². The molecule has 0 aromatic heterocycles. The molecule has 18 heavy (non-hydrogen) atoms. The molecule has 0 heterocycles. The summed E-state index contributed by atoms with van der Waals surface area (Å²) >= 11 is 0. The molecule has 1 aromatic carbocycles. The van der Waals surface area contributed by atoms with Crippen LogP contribution in [-0.4, -0.2) is 26.4 Å². The van der Waals surface area contributed by atoms with Gasteiger partial charge in [-0.3, -0.25) is 0 Å². The Balaban J connectivity index is 1.97. The molecule has 1 N–H and O–H groups in total. The van der Waals surface area contributed by atoms with Crippen LogP contribution >= 0.6 is 0 Å². The molecular weight excluding hydrogens is 226 g/mol. The van der Waals surface area contributed by atoms with E-state index < -0.39 is 0 Å². The fraction of sp³-hybridized carbons (Fsp3) is 0.600. The standard InChI is InChI=1S/C15H23NO2/c1-11(14-6-4-5-7-15(14)18-3)16-12-8-9-13(10-12)17-2/h4-7,11-13,16H,8-10H2,1-3H3. The fourth-order valence-electron chi connectivity index (χ4n) is 2.77. The Hall–Kier alpha value is -1.06. The van der Waals surface area contributed by atoms with Crippen molar-refractivity contribution in [2.45, 2.75) is 44.4 Å². The number of hydrogen-bond acceptors (Lipinski definition) is 3. The number of para-hydroxylation sites is 1. The predicted octanol–water partition coefficient (Wildman–Crippen LogP) is 2.91. The molecule has 0 radical (unpaired) electrons. The lowest BCUT2D eigenvalue weighted by Gasteiger charge is -2.21. The van der Waals surface area contributed by atoms with E-state index in [0.717, 1.165) is 18.6 Å². The highest BCUT2D eigenvalue weighted by atomic mass is 16.5. The van der Waals surface area contributed by atoms with Crippen LogP contribution in [0.15, 0.2) is 24.3 Å². The van der Waals surface area contributed by atoms with Crippen LogP contribution in [0.2, 0.25) is 0 Å². The predicted molar refractivity (Wildman–Crippen MR) is 73.0 cm³/mol. The van der Waals surface area contributed by atoms with Crippen LogP contribution in [0, 0.1) is 0 Å². The lowest BCUT2D eigenvalue weighted by Crippen LogP contribution is -2.30. The first-order valence-electron chi connectivity index (χ1n) is 6.66. The van der Waals surface area contributed by atoms with Gasteiger partial charge in [-0.25, -0.2) is 0 Å². The van der Waals surface area contributed by atoms with Gasteiger partial charge in [-0.15, -0.1) is 0 Å². The van der Waals surface area contributed by atoms with Gasteiger partial charge in [-0.1, -0.05) is 18.2 Å². The summed E-state index contributed by atoms with van der Waals surface area (Å²) < 4.78 is 10.8. The minimum atomic E-state index is 0.307. The molecule has 3 nitrogen and oxygen atoms in total. The van der Waals surface area contributed by atoms with Crippen molar-refractivity contribution in [3.05, 3.63) is 29.8 Å². The molecule has 1 aromatic rings. The van der Waals surface area contributed by atoms with E-state index >= 15 is 0 Å². The van der Waals surface area contributed by atoms with Gasteiger partial charge in [0, 0.05) is 24.8 Å². The minimum absolute atomic E-state index is 0.307. The first kappa shape index (κ1) is 13.4. The Kier molecular flexibility index (Phi) is 4.61. The van der Waals surface area contributed by atoms with Crippen LogP contribution in [0.3, 0.4) is 0 Å². The van der Waals surface area contributed by atoms with Gasteiger partial charge in [-0.05, 0) is 32.3 Å². The molecule has 0 spiro atoms. The second-order valence-electron chi connectivity index (χ2n) is 5.00. The molecule has 0 saturated heterocycles. The van der Waals surface area contributed by atoms with E-state index in [1.54, 1.807) is 14.2 Å². The SMILES string of the molecule is COc1ccccc1C(C)NC1CCC(OC)C1. The third kappa shape index (κ3) is 3.03. The minimum Gasteiger partial charge on any atom is -0.496 e. The largest absolute Gasteiger partial charge is 0.496 e. The van der Waals surface area contributed by atoms with E-state index in [2.05, 4.69) is 24.4 Å². The molecule has 1 saturated carbocycles. The molecular formula is C15H23NO2. The highest BCUT2D eigenvalue weighted by Gasteiger charge is 2.26. The molecule has 0 aliphatic heterocycles. The third-order valence-electron chi connectivity index (χ3n) is 3.81. The summed E-state index contributed by atoms with van der Waals surface area (Å²) in [4.78, 5) is 0. The van der Waals surface area contributed by atoms with Crippen molar-refractivity contribution >= 4 is 0 Å². The van der Waals surface area contributed by atoms with Crippen LogP contribution in [0.1, 0.15) is 37.8 Å². The second kappa shape index (κ2) is 6.21. The Bertz CT molecular complexity index is 381. The monoisotopic (exact) mass is 249 g/mol. The first-order chi connectivity index (χ1) is 8.74. The molecule has 100 valence electrons. The van der Waals surface area contributed by atoms with Crippen LogP contribution < -0.4 is 10.1 Å². The summed E-state index contributed by atoms with van der Waals surface area (Å²) in [6.45, 7) is 2.19. The number of ether oxygens (including phenoxy) is 2. The van der Waals surface area contributed by atoms with Gasteiger partial charge in [0.15, 0.2) is 0 Å². The number of nitrogens with one attached hydrogen (secondary N) is 1. The maximum atomic E-state index is 5.41. The topological polar surface area (TPSA) is 30.5 Å². The smallest absolute Gasteiger partial charge is 0.123 e. The lowest BCUT2D eigenvalue weighted by atomic mass is 10.1.